The quantitative estimate of drug-likeness (QED) is 0.167. The fourth-order valence-electron chi connectivity index (χ4n) is 6.10. The molecule has 9 N–H and O–H groups in total. The van der Waals surface area contributed by atoms with Crippen molar-refractivity contribution in [3.05, 3.63) is 41.0 Å². The summed E-state index contributed by atoms with van der Waals surface area (Å²) in [7, 11) is 1.27. The van der Waals surface area contributed by atoms with Gasteiger partial charge in [-0.15, -0.1) is 0 Å². The molecular formula is C28H32O16. The predicted molar refractivity (Wildman–Crippen MR) is 140 cm³/mol. The maximum absolute atomic E-state index is 14.0. The van der Waals surface area contributed by atoms with Crippen molar-refractivity contribution in [2.45, 2.75) is 80.0 Å². The molecular weight excluding hydrogens is 592 g/mol. The number of benzene rings is 2. The molecule has 2 saturated heterocycles. The Bertz CT molecular complexity index is 1450. The van der Waals surface area contributed by atoms with Gasteiger partial charge in [-0.1, -0.05) is 0 Å². The number of phenols is 3. The van der Waals surface area contributed by atoms with Gasteiger partial charge in [0.1, 0.15) is 60.0 Å². The van der Waals surface area contributed by atoms with E-state index in [0.29, 0.717) is 0 Å². The topological polar surface area (TPSA) is 255 Å². The number of ketones is 1. The van der Waals surface area contributed by atoms with Gasteiger partial charge >= 0.3 is 0 Å². The summed E-state index contributed by atoms with van der Waals surface area (Å²) in [6.45, 7) is 0.846. The normalized spacial score (nSPS) is 39.4. The number of Topliss-reactive ketones (excluding diaryl/α,β-unsaturated/α-hetero) is 1. The number of aliphatic hydroxyl groups excluding tert-OH is 6. The fraction of sp³-hybridized carbons (Fsp3) is 0.536. The third-order valence-electron chi connectivity index (χ3n) is 8.45. The lowest BCUT2D eigenvalue weighted by atomic mass is 9.89. The van der Waals surface area contributed by atoms with Crippen LogP contribution < -0.4 is 9.47 Å². The standard InChI is InChI=1S/C28H32O16/c1-8-19(32)21(34)23(36)26(41-8)40-7-16-20(33)22(35)24(37)27(42-16)44-28-18(17-13(31)3-9(29)4-15(17)43-28)10-5-12(30)14(39-2)6-11(10)25(28)38/h3-6,8,16,18-24,26-27,29-37H,7H2,1-2H3. The minimum atomic E-state index is -2.40. The first-order valence-electron chi connectivity index (χ1n) is 13.7. The Hall–Kier alpha value is -3.29. The summed E-state index contributed by atoms with van der Waals surface area (Å²) in [5.41, 5.74) is 0.146. The van der Waals surface area contributed by atoms with E-state index in [9.17, 15) is 50.8 Å². The van der Waals surface area contributed by atoms with Gasteiger partial charge in [0.05, 0.1) is 31.3 Å². The van der Waals surface area contributed by atoms with Gasteiger partial charge in [-0.2, -0.15) is 0 Å². The Morgan fingerprint density at radius 3 is 2.20 bits per heavy atom. The Kier molecular flexibility index (Phi) is 7.65. The van der Waals surface area contributed by atoms with Crippen molar-refractivity contribution in [1.82, 2.24) is 0 Å². The number of aliphatic hydroxyl groups is 6. The summed E-state index contributed by atoms with van der Waals surface area (Å²) in [6.07, 6.45) is -16.1. The van der Waals surface area contributed by atoms with E-state index in [1.165, 1.54) is 26.2 Å². The number of carbonyl (C=O) groups is 1. The molecule has 0 radical (unpaired) electrons. The molecule has 0 bridgehead atoms. The number of rotatable bonds is 6. The summed E-state index contributed by atoms with van der Waals surface area (Å²) in [4.78, 5) is 14.0. The zero-order valence-corrected chi connectivity index (χ0v) is 23.3. The van der Waals surface area contributed by atoms with Crippen molar-refractivity contribution in [2.75, 3.05) is 13.7 Å². The summed E-state index contributed by atoms with van der Waals surface area (Å²) in [5.74, 6) is -5.91. The fourth-order valence-corrected chi connectivity index (χ4v) is 6.10. The molecule has 16 nitrogen and oxygen atoms in total. The van der Waals surface area contributed by atoms with Crippen LogP contribution in [-0.4, -0.2) is 133 Å². The van der Waals surface area contributed by atoms with Gasteiger partial charge in [0, 0.05) is 17.7 Å². The molecule has 2 aromatic rings. The second-order valence-electron chi connectivity index (χ2n) is 11.2. The van der Waals surface area contributed by atoms with Crippen molar-refractivity contribution >= 4 is 5.78 Å². The average molecular weight is 625 g/mol. The van der Waals surface area contributed by atoms with E-state index in [0.717, 1.165) is 12.1 Å². The highest BCUT2D eigenvalue weighted by Crippen LogP contribution is 2.60. The minimum Gasteiger partial charge on any atom is -0.508 e. The number of hydrogen-bond donors (Lipinski definition) is 9. The summed E-state index contributed by atoms with van der Waals surface area (Å²) >= 11 is 0. The molecule has 3 heterocycles. The smallest absolute Gasteiger partial charge is 0.288 e. The molecule has 0 saturated carbocycles. The molecule has 12 unspecified atom stereocenters. The van der Waals surface area contributed by atoms with Crippen LogP contribution in [0.2, 0.25) is 0 Å². The molecule has 16 heteroatoms. The first-order valence-corrected chi connectivity index (χ1v) is 13.7. The lowest BCUT2D eigenvalue weighted by Gasteiger charge is -2.44. The minimum absolute atomic E-state index is 0.0172. The molecule has 2 fully saturated rings. The highest BCUT2D eigenvalue weighted by molar-refractivity contribution is 6.09. The zero-order chi connectivity index (χ0) is 31.8. The number of aromatic hydroxyl groups is 3. The number of methoxy groups -OCH3 is 1. The van der Waals surface area contributed by atoms with Crippen LogP contribution in [0.15, 0.2) is 24.3 Å². The highest BCUT2D eigenvalue weighted by atomic mass is 16.8. The molecule has 12 atom stereocenters. The van der Waals surface area contributed by atoms with Crippen LogP contribution in [-0.2, 0) is 18.9 Å². The average Bonchev–Trinajstić information content (AvgIpc) is 3.42. The number of ether oxygens (including phenoxy) is 6. The van der Waals surface area contributed by atoms with E-state index in [1.807, 2.05) is 0 Å². The highest BCUT2D eigenvalue weighted by Gasteiger charge is 2.65. The maximum Gasteiger partial charge on any atom is 0.288 e. The largest absolute Gasteiger partial charge is 0.508 e. The van der Waals surface area contributed by atoms with Gasteiger partial charge in [-0.3, -0.25) is 4.79 Å². The molecule has 44 heavy (non-hydrogen) atoms. The van der Waals surface area contributed by atoms with E-state index in [1.54, 1.807) is 0 Å². The molecule has 2 aromatic carbocycles. The van der Waals surface area contributed by atoms with Crippen molar-refractivity contribution < 1.29 is 79.2 Å². The van der Waals surface area contributed by atoms with E-state index in [4.69, 9.17) is 28.4 Å². The van der Waals surface area contributed by atoms with Crippen molar-refractivity contribution in [1.29, 1.82) is 0 Å². The van der Waals surface area contributed by atoms with Gasteiger partial charge in [0.15, 0.2) is 24.1 Å². The lowest BCUT2D eigenvalue weighted by Crippen LogP contribution is -2.63. The molecule has 0 aromatic heterocycles. The van der Waals surface area contributed by atoms with Gasteiger partial charge < -0.3 is 74.4 Å². The monoisotopic (exact) mass is 624 g/mol. The Labute approximate surface area is 248 Å². The summed E-state index contributed by atoms with van der Waals surface area (Å²) < 4.78 is 33.7. The summed E-state index contributed by atoms with van der Waals surface area (Å²) in [5, 5.41) is 93.8. The van der Waals surface area contributed by atoms with E-state index < -0.39 is 97.0 Å². The van der Waals surface area contributed by atoms with Gasteiger partial charge in [0.2, 0.25) is 5.78 Å². The molecule has 0 spiro atoms. The number of carbonyl (C=O) groups excluding carboxylic acids is 1. The van der Waals surface area contributed by atoms with Crippen molar-refractivity contribution in [3.63, 3.8) is 0 Å². The van der Waals surface area contributed by atoms with E-state index in [-0.39, 0.29) is 33.9 Å². The molecule has 1 aliphatic carbocycles. The zero-order valence-electron chi connectivity index (χ0n) is 23.3. The number of phenolic OH excluding ortho intramolecular Hbond substituents is 3. The molecule has 4 aliphatic rings. The van der Waals surface area contributed by atoms with Gasteiger partial charge in [-0.25, -0.2) is 0 Å². The first kappa shape index (κ1) is 30.7. The second kappa shape index (κ2) is 11.0. The number of fused-ring (bicyclic) bond motifs is 5. The van der Waals surface area contributed by atoms with Crippen LogP contribution in [0.1, 0.15) is 34.3 Å². The third-order valence-corrected chi connectivity index (χ3v) is 8.45. The van der Waals surface area contributed by atoms with Crippen molar-refractivity contribution in [2.24, 2.45) is 0 Å². The Morgan fingerprint density at radius 1 is 0.818 bits per heavy atom. The van der Waals surface area contributed by atoms with Crippen LogP contribution >= 0.6 is 0 Å². The lowest BCUT2D eigenvalue weighted by molar-refractivity contribution is -0.352. The van der Waals surface area contributed by atoms with E-state index in [2.05, 4.69) is 0 Å². The van der Waals surface area contributed by atoms with Gasteiger partial charge in [0.25, 0.3) is 5.79 Å². The van der Waals surface area contributed by atoms with Crippen molar-refractivity contribution in [3.8, 4) is 28.7 Å². The molecule has 6 rings (SSSR count). The van der Waals surface area contributed by atoms with Crippen LogP contribution in [0.4, 0.5) is 0 Å². The third kappa shape index (κ3) is 4.57. The maximum atomic E-state index is 14.0. The second-order valence-corrected chi connectivity index (χ2v) is 11.2. The SMILES string of the molecule is COc1cc2c(cc1O)C1c3c(O)cc(O)cc3OC1(OC1OC(COC3OC(C)C(O)C(O)C3O)C(O)C(O)C1O)C2=O. The van der Waals surface area contributed by atoms with E-state index >= 15 is 0 Å². The Balaban J connectivity index is 1.31. The van der Waals surface area contributed by atoms with Crippen LogP contribution in [0.5, 0.6) is 28.7 Å². The molecule has 3 aliphatic heterocycles. The summed E-state index contributed by atoms with van der Waals surface area (Å²) in [6, 6.07) is 4.61. The van der Waals surface area contributed by atoms with Crippen LogP contribution in [0.3, 0.4) is 0 Å². The predicted octanol–water partition coefficient (Wildman–Crippen LogP) is -2.10. The first-order chi connectivity index (χ1) is 20.8. The van der Waals surface area contributed by atoms with Gasteiger partial charge in [-0.05, 0) is 24.6 Å². The van der Waals surface area contributed by atoms with Crippen LogP contribution in [0.25, 0.3) is 0 Å². The Morgan fingerprint density at radius 2 is 1.50 bits per heavy atom. The van der Waals surface area contributed by atoms with Crippen LogP contribution in [0, 0.1) is 0 Å². The molecule has 0 amide bonds. The number of hydrogen-bond acceptors (Lipinski definition) is 16. The molecule has 240 valence electrons.